The van der Waals surface area contributed by atoms with Crippen molar-refractivity contribution in [1.82, 2.24) is 5.01 Å². The van der Waals surface area contributed by atoms with Crippen LogP contribution < -0.4 is 5.32 Å². The van der Waals surface area contributed by atoms with Crippen molar-refractivity contribution in [3.05, 3.63) is 89.7 Å². The smallest absolute Gasteiger partial charge is 0.306 e. The molecule has 3 aromatic rings. The van der Waals surface area contributed by atoms with E-state index in [2.05, 4.69) is 58.9 Å². The Labute approximate surface area is 189 Å². The maximum atomic E-state index is 13.2. The number of carbonyl (C=O) groups is 1. The Hall–Kier alpha value is -2.77. The van der Waals surface area contributed by atoms with E-state index in [1.807, 2.05) is 12.5 Å². The zero-order valence-corrected chi connectivity index (χ0v) is 18.8. The van der Waals surface area contributed by atoms with Crippen LogP contribution in [0.1, 0.15) is 17.0 Å². The van der Waals surface area contributed by atoms with Crippen LogP contribution in [-0.2, 0) is 0 Å². The predicted octanol–water partition coefficient (Wildman–Crippen LogP) is 6.31. The lowest BCUT2D eigenvalue weighted by Crippen LogP contribution is -2.30. The maximum Gasteiger partial charge on any atom is 0.342 e. The minimum absolute atomic E-state index is 0.0324. The number of hydrogen-bond acceptors (Lipinski definition) is 4. The van der Waals surface area contributed by atoms with Crippen LogP contribution in [0.15, 0.2) is 87.7 Å². The Morgan fingerprint density at radius 3 is 2.10 bits per heavy atom. The van der Waals surface area contributed by atoms with E-state index in [1.165, 1.54) is 39.1 Å². The molecule has 3 aromatic carbocycles. The molecule has 1 aliphatic heterocycles. The molecule has 0 radical (unpaired) electrons. The number of thioether (sulfide) groups is 2. The van der Waals surface area contributed by atoms with E-state index in [0.29, 0.717) is 12.2 Å². The molecule has 1 heterocycles. The van der Waals surface area contributed by atoms with Crippen molar-refractivity contribution in [1.29, 1.82) is 0 Å². The number of rotatable bonds is 5. The number of hydrazone groups is 1. The molecule has 0 aliphatic carbocycles. The van der Waals surface area contributed by atoms with Crippen LogP contribution in [0.3, 0.4) is 0 Å². The summed E-state index contributed by atoms with van der Waals surface area (Å²) in [5, 5.41) is 8.93. The first kappa shape index (κ1) is 21.5. The van der Waals surface area contributed by atoms with Gasteiger partial charge in [0, 0.05) is 21.4 Å². The number of carbonyl (C=O) groups excluding carboxylic acids is 1. The number of nitrogens with one attached hydrogen (secondary N) is 1. The Morgan fingerprint density at radius 2 is 1.52 bits per heavy atom. The standard InChI is InChI=1S/C24H22FN3OS2/c1-30-20-11-3-16(4-12-20)22-15-28(24(29)26-19-9-7-18(25)8-10-19)27-23(22)17-5-13-21(31-2)14-6-17/h3-14,22H,15H2,1-2H3,(H,26,29). The lowest BCUT2D eigenvalue weighted by molar-refractivity contribution is 0.218. The van der Waals surface area contributed by atoms with E-state index in [0.717, 1.165) is 16.8 Å². The number of urea groups is 1. The normalized spacial score (nSPS) is 15.6. The van der Waals surface area contributed by atoms with Crippen LogP contribution in [0.2, 0.25) is 0 Å². The summed E-state index contributed by atoms with van der Waals surface area (Å²) in [6.07, 6.45) is 4.09. The number of anilines is 1. The highest BCUT2D eigenvalue weighted by atomic mass is 32.2. The minimum Gasteiger partial charge on any atom is -0.306 e. The third-order valence-electron chi connectivity index (χ3n) is 5.15. The molecule has 1 unspecified atom stereocenters. The van der Waals surface area contributed by atoms with Crippen molar-refractivity contribution in [2.45, 2.75) is 15.7 Å². The van der Waals surface area contributed by atoms with Crippen LogP contribution in [0, 0.1) is 5.82 Å². The van der Waals surface area contributed by atoms with Gasteiger partial charge in [0.15, 0.2) is 0 Å². The summed E-state index contributed by atoms with van der Waals surface area (Å²) < 4.78 is 13.2. The zero-order chi connectivity index (χ0) is 21.8. The summed E-state index contributed by atoms with van der Waals surface area (Å²) in [7, 11) is 0. The van der Waals surface area contributed by atoms with Gasteiger partial charge in [0.2, 0.25) is 0 Å². The van der Waals surface area contributed by atoms with E-state index < -0.39 is 0 Å². The molecule has 0 aromatic heterocycles. The van der Waals surface area contributed by atoms with E-state index in [-0.39, 0.29) is 17.8 Å². The molecule has 7 heteroatoms. The molecule has 0 saturated heterocycles. The highest BCUT2D eigenvalue weighted by Crippen LogP contribution is 2.31. The van der Waals surface area contributed by atoms with E-state index in [1.54, 1.807) is 23.5 Å². The Kier molecular flexibility index (Phi) is 6.63. The fourth-order valence-corrected chi connectivity index (χ4v) is 4.29. The minimum atomic E-state index is -0.345. The number of hydrogen-bond donors (Lipinski definition) is 1. The van der Waals surface area contributed by atoms with Gasteiger partial charge in [-0.05, 0) is 72.2 Å². The molecular weight excluding hydrogens is 429 g/mol. The predicted molar refractivity (Wildman–Crippen MR) is 128 cm³/mol. The molecule has 0 saturated carbocycles. The average molecular weight is 452 g/mol. The van der Waals surface area contributed by atoms with E-state index in [9.17, 15) is 9.18 Å². The largest absolute Gasteiger partial charge is 0.342 e. The zero-order valence-electron chi connectivity index (χ0n) is 17.2. The van der Waals surface area contributed by atoms with Crippen molar-refractivity contribution in [3.8, 4) is 0 Å². The van der Waals surface area contributed by atoms with Crippen molar-refractivity contribution in [3.63, 3.8) is 0 Å². The van der Waals surface area contributed by atoms with E-state index >= 15 is 0 Å². The third kappa shape index (κ3) is 4.94. The number of amides is 2. The molecule has 0 fully saturated rings. The van der Waals surface area contributed by atoms with Gasteiger partial charge < -0.3 is 5.32 Å². The summed E-state index contributed by atoms with van der Waals surface area (Å²) in [6.45, 7) is 0.436. The monoisotopic (exact) mass is 451 g/mol. The Balaban J connectivity index is 1.62. The van der Waals surface area contributed by atoms with Gasteiger partial charge in [-0.1, -0.05) is 24.3 Å². The van der Waals surface area contributed by atoms with Gasteiger partial charge in [0.25, 0.3) is 0 Å². The third-order valence-corrected chi connectivity index (χ3v) is 6.64. The Bertz CT molecular complexity index is 1080. The van der Waals surface area contributed by atoms with Crippen molar-refractivity contribution in [2.24, 2.45) is 5.10 Å². The summed E-state index contributed by atoms with van der Waals surface area (Å²) in [4.78, 5) is 15.2. The lowest BCUT2D eigenvalue weighted by atomic mass is 9.91. The molecule has 31 heavy (non-hydrogen) atoms. The highest BCUT2D eigenvalue weighted by Gasteiger charge is 2.32. The average Bonchev–Trinajstić information content (AvgIpc) is 3.26. The molecule has 4 rings (SSSR count). The molecule has 0 spiro atoms. The Morgan fingerprint density at radius 1 is 0.935 bits per heavy atom. The van der Waals surface area contributed by atoms with Gasteiger partial charge in [-0.25, -0.2) is 14.2 Å². The topological polar surface area (TPSA) is 44.7 Å². The van der Waals surface area contributed by atoms with Crippen LogP contribution in [0.5, 0.6) is 0 Å². The first-order chi connectivity index (χ1) is 15.1. The second kappa shape index (κ2) is 9.58. The summed E-state index contributed by atoms with van der Waals surface area (Å²) >= 11 is 3.38. The van der Waals surface area contributed by atoms with Crippen LogP contribution in [-0.4, -0.2) is 35.8 Å². The second-order valence-electron chi connectivity index (χ2n) is 7.06. The molecule has 2 amide bonds. The summed E-state index contributed by atoms with van der Waals surface area (Å²) in [5.74, 6) is -0.378. The van der Waals surface area contributed by atoms with Gasteiger partial charge in [-0.3, -0.25) is 0 Å². The lowest BCUT2D eigenvalue weighted by Gasteiger charge is -2.16. The number of benzene rings is 3. The fraction of sp³-hybridized carbons (Fsp3) is 0.167. The molecule has 1 N–H and O–H groups in total. The SMILES string of the molecule is CSc1ccc(C2=NN(C(=O)Nc3ccc(F)cc3)CC2c2ccc(SC)cc2)cc1. The van der Waals surface area contributed by atoms with Gasteiger partial charge >= 0.3 is 6.03 Å². The molecule has 0 bridgehead atoms. The van der Waals surface area contributed by atoms with Gasteiger partial charge in [0.1, 0.15) is 5.82 Å². The van der Waals surface area contributed by atoms with Crippen LogP contribution in [0.25, 0.3) is 0 Å². The fourth-order valence-electron chi connectivity index (χ4n) is 3.47. The van der Waals surface area contributed by atoms with Gasteiger partial charge in [0.05, 0.1) is 12.3 Å². The highest BCUT2D eigenvalue weighted by molar-refractivity contribution is 7.98. The molecule has 1 atom stereocenters. The van der Waals surface area contributed by atoms with Gasteiger partial charge in [-0.2, -0.15) is 5.10 Å². The quantitative estimate of drug-likeness (QED) is 0.463. The summed E-state index contributed by atoms with van der Waals surface area (Å²) in [6, 6.07) is 22.0. The second-order valence-corrected chi connectivity index (χ2v) is 8.82. The van der Waals surface area contributed by atoms with Gasteiger partial charge in [-0.15, -0.1) is 23.5 Å². The molecular formula is C24H22FN3OS2. The first-order valence-corrected chi connectivity index (χ1v) is 12.2. The molecule has 1 aliphatic rings. The molecule has 4 nitrogen and oxygen atoms in total. The van der Waals surface area contributed by atoms with Crippen LogP contribution in [0.4, 0.5) is 14.9 Å². The first-order valence-electron chi connectivity index (χ1n) is 9.78. The number of halogens is 1. The molecule has 158 valence electrons. The van der Waals surface area contributed by atoms with Crippen LogP contribution >= 0.6 is 23.5 Å². The van der Waals surface area contributed by atoms with E-state index in [4.69, 9.17) is 0 Å². The number of nitrogens with zero attached hydrogens (tertiary/aromatic N) is 2. The van der Waals surface area contributed by atoms with Crippen molar-refractivity contribution in [2.75, 3.05) is 24.4 Å². The maximum absolute atomic E-state index is 13.2. The van der Waals surface area contributed by atoms with Crippen molar-refractivity contribution >= 4 is 41.0 Å². The van der Waals surface area contributed by atoms with Crippen molar-refractivity contribution < 1.29 is 9.18 Å². The summed E-state index contributed by atoms with van der Waals surface area (Å²) in [5.41, 5.74) is 3.50.